The van der Waals surface area contributed by atoms with Gasteiger partial charge in [-0.1, -0.05) is 49.6 Å². The molecule has 0 radical (unpaired) electrons. The molecule has 1 aliphatic heterocycles. The van der Waals surface area contributed by atoms with E-state index in [1.54, 1.807) is 0 Å². The highest BCUT2D eigenvalue weighted by Crippen LogP contribution is 2.28. The number of likely N-dealkylation sites (tertiary alicyclic amines) is 1. The van der Waals surface area contributed by atoms with Crippen LogP contribution in [0.3, 0.4) is 0 Å². The third-order valence-electron chi connectivity index (χ3n) is 5.36. The van der Waals surface area contributed by atoms with Crippen LogP contribution in [0.1, 0.15) is 50.5 Å². The van der Waals surface area contributed by atoms with Crippen molar-refractivity contribution in [1.29, 1.82) is 0 Å². The van der Waals surface area contributed by atoms with Gasteiger partial charge in [0.15, 0.2) is 0 Å². The molecule has 1 N–H and O–H groups in total. The Kier molecular flexibility index (Phi) is 5.89. The number of rotatable bonds is 5. The summed E-state index contributed by atoms with van der Waals surface area (Å²) in [5, 5.41) is 2.99. The maximum atomic E-state index is 12.6. The van der Waals surface area contributed by atoms with Crippen molar-refractivity contribution in [2.45, 2.75) is 51.5 Å². The monoisotopic (exact) mass is 328 g/mol. The lowest BCUT2D eigenvalue weighted by molar-refractivity contribution is -0.135. The molecular formula is C20H28N2O2. The lowest BCUT2D eigenvalue weighted by Gasteiger charge is -2.26. The van der Waals surface area contributed by atoms with Crippen LogP contribution in [-0.2, 0) is 16.1 Å². The molecule has 1 saturated carbocycles. The minimum atomic E-state index is 0.0934. The van der Waals surface area contributed by atoms with E-state index in [1.165, 1.54) is 19.3 Å². The van der Waals surface area contributed by atoms with Gasteiger partial charge in [-0.15, -0.1) is 0 Å². The van der Waals surface area contributed by atoms with Crippen LogP contribution in [-0.4, -0.2) is 29.8 Å². The fourth-order valence-electron chi connectivity index (χ4n) is 3.94. The van der Waals surface area contributed by atoms with Crippen molar-refractivity contribution in [1.82, 2.24) is 10.2 Å². The molecule has 2 fully saturated rings. The minimum Gasteiger partial charge on any atom is -0.352 e. The van der Waals surface area contributed by atoms with E-state index in [0.717, 1.165) is 37.9 Å². The second kappa shape index (κ2) is 8.32. The minimum absolute atomic E-state index is 0.0934. The number of amides is 2. The average Bonchev–Trinajstić information content (AvgIpc) is 3.09. The van der Waals surface area contributed by atoms with E-state index in [9.17, 15) is 9.59 Å². The van der Waals surface area contributed by atoms with E-state index in [4.69, 9.17) is 0 Å². The molecule has 1 heterocycles. The Hall–Kier alpha value is -1.84. The topological polar surface area (TPSA) is 49.4 Å². The number of hydrogen-bond acceptors (Lipinski definition) is 2. The molecule has 130 valence electrons. The van der Waals surface area contributed by atoms with Gasteiger partial charge < -0.3 is 10.2 Å². The Morgan fingerprint density at radius 3 is 2.54 bits per heavy atom. The van der Waals surface area contributed by atoms with Gasteiger partial charge in [-0.2, -0.15) is 0 Å². The summed E-state index contributed by atoms with van der Waals surface area (Å²) in [6, 6.07) is 9.96. The van der Waals surface area contributed by atoms with Crippen LogP contribution in [0.25, 0.3) is 0 Å². The summed E-state index contributed by atoms with van der Waals surface area (Å²) >= 11 is 0. The first-order valence-electron chi connectivity index (χ1n) is 9.32. The highest BCUT2D eigenvalue weighted by Gasteiger charge is 2.32. The largest absolute Gasteiger partial charge is 0.352 e. The van der Waals surface area contributed by atoms with E-state index in [1.807, 2.05) is 35.2 Å². The van der Waals surface area contributed by atoms with Crippen LogP contribution in [0.4, 0.5) is 0 Å². The smallest absolute Gasteiger partial charge is 0.225 e. The van der Waals surface area contributed by atoms with Crippen LogP contribution >= 0.6 is 0 Å². The fourth-order valence-corrected chi connectivity index (χ4v) is 3.94. The summed E-state index contributed by atoms with van der Waals surface area (Å²) in [7, 11) is 0. The standard InChI is InChI=1S/C20H28N2O2/c23-19(21-14-16-7-3-1-4-8-16)13-17-11-12-22(15-17)20(24)18-9-5-2-6-10-18/h1,3-4,7-8,17-18H,2,5-6,9-15H2,(H,21,23). The normalized spacial score (nSPS) is 21.7. The molecule has 0 spiro atoms. The van der Waals surface area contributed by atoms with Crippen molar-refractivity contribution in [2.75, 3.05) is 13.1 Å². The second-order valence-corrected chi connectivity index (χ2v) is 7.24. The zero-order valence-electron chi connectivity index (χ0n) is 14.4. The molecule has 1 unspecified atom stereocenters. The van der Waals surface area contributed by atoms with Crippen molar-refractivity contribution in [3.05, 3.63) is 35.9 Å². The van der Waals surface area contributed by atoms with Crippen LogP contribution in [0.5, 0.6) is 0 Å². The van der Waals surface area contributed by atoms with Gasteiger partial charge >= 0.3 is 0 Å². The quantitative estimate of drug-likeness (QED) is 0.903. The Bertz CT molecular complexity index is 552. The lowest BCUT2D eigenvalue weighted by atomic mass is 9.88. The van der Waals surface area contributed by atoms with E-state index in [-0.39, 0.29) is 11.8 Å². The molecule has 24 heavy (non-hydrogen) atoms. The average molecular weight is 328 g/mol. The molecule has 0 aromatic heterocycles. The fraction of sp³-hybridized carbons (Fsp3) is 0.600. The van der Waals surface area contributed by atoms with E-state index < -0.39 is 0 Å². The number of carbonyl (C=O) groups excluding carboxylic acids is 2. The Morgan fingerprint density at radius 2 is 1.79 bits per heavy atom. The molecule has 4 nitrogen and oxygen atoms in total. The predicted molar refractivity (Wildman–Crippen MR) is 94.2 cm³/mol. The predicted octanol–water partition coefficient (Wildman–Crippen LogP) is 3.12. The van der Waals surface area contributed by atoms with Crippen molar-refractivity contribution in [3.8, 4) is 0 Å². The molecule has 2 aliphatic rings. The van der Waals surface area contributed by atoms with Crippen molar-refractivity contribution in [2.24, 2.45) is 11.8 Å². The zero-order valence-corrected chi connectivity index (χ0v) is 14.4. The summed E-state index contributed by atoms with van der Waals surface area (Å²) in [4.78, 5) is 26.7. The molecule has 0 bridgehead atoms. The zero-order chi connectivity index (χ0) is 16.8. The van der Waals surface area contributed by atoms with Gasteiger partial charge in [-0.3, -0.25) is 9.59 Å². The molecule has 1 aliphatic carbocycles. The summed E-state index contributed by atoms with van der Waals surface area (Å²) < 4.78 is 0. The molecule has 3 rings (SSSR count). The number of nitrogens with one attached hydrogen (secondary N) is 1. The first-order chi connectivity index (χ1) is 11.7. The number of hydrogen-bond donors (Lipinski definition) is 1. The first kappa shape index (κ1) is 17.0. The molecule has 1 atom stereocenters. The Balaban J connectivity index is 1.40. The summed E-state index contributed by atoms with van der Waals surface area (Å²) in [6.07, 6.45) is 7.24. The van der Waals surface area contributed by atoms with Gasteiger partial charge in [0, 0.05) is 32.0 Å². The van der Waals surface area contributed by atoms with Crippen LogP contribution in [0.15, 0.2) is 30.3 Å². The highest BCUT2D eigenvalue weighted by atomic mass is 16.2. The van der Waals surface area contributed by atoms with Gasteiger partial charge in [0.2, 0.25) is 11.8 Å². The van der Waals surface area contributed by atoms with Gasteiger partial charge in [0.25, 0.3) is 0 Å². The molecule has 1 aromatic rings. The van der Waals surface area contributed by atoms with Crippen molar-refractivity contribution < 1.29 is 9.59 Å². The first-order valence-corrected chi connectivity index (χ1v) is 9.32. The van der Waals surface area contributed by atoms with Gasteiger partial charge in [-0.25, -0.2) is 0 Å². The maximum absolute atomic E-state index is 12.6. The van der Waals surface area contributed by atoms with Crippen LogP contribution < -0.4 is 5.32 Å². The second-order valence-electron chi connectivity index (χ2n) is 7.24. The summed E-state index contributed by atoms with van der Waals surface area (Å²) in [5.41, 5.74) is 1.12. The van der Waals surface area contributed by atoms with Gasteiger partial charge in [-0.05, 0) is 30.7 Å². The van der Waals surface area contributed by atoms with Gasteiger partial charge in [0.1, 0.15) is 0 Å². The molecule has 4 heteroatoms. The maximum Gasteiger partial charge on any atom is 0.225 e. The molecular weight excluding hydrogens is 300 g/mol. The lowest BCUT2D eigenvalue weighted by Crippen LogP contribution is -2.35. The number of carbonyl (C=O) groups is 2. The van der Waals surface area contributed by atoms with Gasteiger partial charge in [0.05, 0.1) is 0 Å². The molecule has 1 aromatic carbocycles. The van der Waals surface area contributed by atoms with Crippen LogP contribution in [0.2, 0.25) is 0 Å². The Labute approximate surface area is 144 Å². The van der Waals surface area contributed by atoms with Crippen LogP contribution in [0, 0.1) is 11.8 Å². The number of benzene rings is 1. The highest BCUT2D eigenvalue weighted by molar-refractivity contribution is 5.80. The third kappa shape index (κ3) is 4.59. The number of nitrogens with zero attached hydrogens (tertiary/aromatic N) is 1. The van der Waals surface area contributed by atoms with E-state index in [0.29, 0.717) is 24.8 Å². The van der Waals surface area contributed by atoms with E-state index in [2.05, 4.69) is 5.32 Å². The Morgan fingerprint density at radius 1 is 1.04 bits per heavy atom. The summed E-state index contributed by atoms with van der Waals surface area (Å²) in [5.74, 6) is 0.982. The molecule has 2 amide bonds. The molecule has 1 saturated heterocycles. The van der Waals surface area contributed by atoms with E-state index >= 15 is 0 Å². The van der Waals surface area contributed by atoms with Crippen molar-refractivity contribution >= 4 is 11.8 Å². The third-order valence-corrected chi connectivity index (χ3v) is 5.36. The summed E-state index contributed by atoms with van der Waals surface area (Å²) in [6.45, 7) is 2.16. The van der Waals surface area contributed by atoms with Crippen molar-refractivity contribution in [3.63, 3.8) is 0 Å². The SMILES string of the molecule is O=C(CC1CCN(C(=O)C2CCCCC2)C1)NCc1ccccc1.